The normalized spacial score (nSPS) is 17.0. The molecule has 0 aromatic heterocycles. The minimum atomic E-state index is 0. The molecule has 0 bridgehead atoms. The quantitative estimate of drug-likeness (QED) is 0.776. The number of hydrogen-bond acceptors (Lipinski definition) is 2. The number of rotatable bonds is 5. The van der Waals surface area contributed by atoms with Crippen molar-refractivity contribution < 1.29 is 0 Å². The van der Waals surface area contributed by atoms with Gasteiger partial charge in [-0.05, 0) is 30.4 Å². The topological polar surface area (TPSA) is 15.3 Å². The van der Waals surface area contributed by atoms with Crippen molar-refractivity contribution in [3.05, 3.63) is 34.3 Å². The van der Waals surface area contributed by atoms with Crippen LogP contribution < -0.4 is 5.32 Å². The van der Waals surface area contributed by atoms with Crippen molar-refractivity contribution in [2.24, 2.45) is 5.92 Å². The molecule has 0 amide bonds. The summed E-state index contributed by atoms with van der Waals surface area (Å²) in [4.78, 5) is 2.64. The summed E-state index contributed by atoms with van der Waals surface area (Å²) >= 11 is 3.73. The van der Waals surface area contributed by atoms with Crippen molar-refractivity contribution in [1.82, 2.24) is 10.2 Å². The fourth-order valence-corrected chi connectivity index (χ4v) is 3.31. The minimum Gasteiger partial charge on any atom is -0.314 e. The largest absolute Gasteiger partial charge is 0.314 e. The third-order valence-corrected chi connectivity index (χ3v) is 4.60. The predicted octanol–water partition coefficient (Wildman–Crippen LogP) is 4.68. The van der Waals surface area contributed by atoms with E-state index < -0.39 is 0 Å². The van der Waals surface area contributed by atoms with Crippen LogP contribution in [0.15, 0.2) is 28.7 Å². The van der Waals surface area contributed by atoms with E-state index in [0.29, 0.717) is 6.04 Å². The van der Waals surface area contributed by atoms with E-state index in [0.717, 1.165) is 32.1 Å². The van der Waals surface area contributed by atoms with E-state index in [1.807, 2.05) is 0 Å². The van der Waals surface area contributed by atoms with Gasteiger partial charge in [0.2, 0.25) is 0 Å². The first kappa shape index (κ1) is 21.2. The fourth-order valence-electron chi connectivity index (χ4n) is 2.77. The lowest BCUT2D eigenvalue weighted by Gasteiger charge is -2.36. The molecule has 2 nitrogen and oxygen atoms in total. The third-order valence-electron chi connectivity index (χ3n) is 3.87. The minimum absolute atomic E-state index is 0. The smallest absolute Gasteiger partial charge is 0.0360 e. The van der Waals surface area contributed by atoms with E-state index in [1.165, 1.54) is 22.9 Å². The summed E-state index contributed by atoms with van der Waals surface area (Å²) in [7, 11) is 0. The first-order chi connectivity index (χ1) is 9.18. The molecule has 0 aliphatic carbocycles. The molecule has 1 aromatic carbocycles. The second-order valence-corrected chi connectivity index (χ2v) is 6.65. The molecule has 1 heterocycles. The van der Waals surface area contributed by atoms with E-state index in [1.54, 1.807) is 0 Å². The Kier molecular flexibility index (Phi) is 11.0. The van der Waals surface area contributed by atoms with Gasteiger partial charge < -0.3 is 5.32 Å². The highest BCUT2D eigenvalue weighted by Gasteiger charge is 2.23. The second kappa shape index (κ2) is 10.8. The predicted molar refractivity (Wildman–Crippen MR) is 99.9 cm³/mol. The average Bonchev–Trinajstić information content (AvgIpc) is 2.42. The number of hydrogen-bond donors (Lipinski definition) is 1. The number of benzene rings is 1. The van der Waals surface area contributed by atoms with Crippen LogP contribution in [0.5, 0.6) is 0 Å². The van der Waals surface area contributed by atoms with Gasteiger partial charge in [-0.25, -0.2) is 0 Å². The van der Waals surface area contributed by atoms with Crippen molar-refractivity contribution in [3.8, 4) is 0 Å². The maximum atomic E-state index is 3.73. The van der Waals surface area contributed by atoms with Crippen molar-refractivity contribution in [1.29, 1.82) is 0 Å². The van der Waals surface area contributed by atoms with Gasteiger partial charge in [0.15, 0.2) is 0 Å². The van der Waals surface area contributed by atoms with Crippen LogP contribution in [0.2, 0.25) is 0 Å². The van der Waals surface area contributed by atoms with Crippen LogP contribution in [0.1, 0.15) is 38.3 Å². The molecule has 0 radical (unpaired) electrons. The fraction of sp³-hybridized carbons (Fsp3) is 0.625. The Balaban J connectivity index is 0.00000200. The first-order valence-corrected chi connectivity index (χ1v) is 8.17. The highest BCUT2D eigenvalue weighted by atomic mass is 79.9. The third kappa shape index (κ3) is 6.45. The summed E-state index contributed by atoms with van der Waals surface area (Å²) < 4.78 is 1.25. The van der Waals surface area contributed by atoms with E-state index >= 15 is 0 Å². The SMILES string of the molecule is CC(C)CC[C@H](c1ccccc1Br)N1CCNCC1.Cl.Cl. The number of piperazine rings is 1. The first-order valence-electron chi connectivity index (χ1n) is 7.37. The summed E-state index contributed by atoms with van der Waals surface area (Å²) in [6.07, 6.45) is 2.54. The Morgan fingerprint density at radius 2 is 1.71 bits per heavy atom. The van der Waals surface area contributed by atoms with Crippen LogP contribution in [0.3, 0.4) is 0 Å². The average molecular weight is 398 g/mol. The van der Waals surface area contributed by atoms with Crippen molar-refractivity contribution in [2.75, 3.05) is 26.2 Å². The zero-order chi connectivity index (χ0) is 13.7. The molecule has 2 rings (SSSR count). The van der Waals surface area contributed by atoms with E-state index in [9.17, 15) is 0 Å². The van der Waals surface area contributed by atoms with Crippen LogP contribution in [0, 0.1) is 5.92 Å². The zero-order valence-electron chi connectivity index (χ0n) is 12.8. The van der Waals surface area contributed by atoms with Crippen LogP contribution in [-0.4, -0.2) is 31.1 Å². The van der Waals surface area contributed by atoms with Crippen molar-refractivity contribution in [2.45, 2.75) is 32.7 Å². The molecule has 1 N–H and O–H groups in total. The number of halogens is 3. The Morgan fingerprint density at radius 3 is 2.29 bits per heavy atom. The van der Waals surface area contributed by atoms with E-state index in [-0.39, 0.29) is 24.8 Å². The zero-order valence-corrected chi connectivity index (χ0v) is 16.1. The molecule has 1 aliphatic rings. The molecular formula is C16H27BrCl2N2. The van der Waals surface area contributed by atoms with Crippen LogP contribution >= 0.6 is 40.7 Å². The Bertz CT molecular complexity index is 396. The van der Waals surface area contributed by atoms with E-state index in [4.69, 9.17) is 0 Å². The van der Waals surface area contributed by atoms with Gasteiger partial charge in [-0.15, -0.1) is 24.8 Å². The molecule has 0 unspecified atom stereocenters. The summed E-state index contributed by atoms with van der Waals surface area (Å²) in [5, 5.41) is 3.45. The van der Waals surface area contributed by atoms with Gasteiger partial charge in [0.1, 0.15) is 0 Å². The second-order valence-electron chi connectivity index (χ2n) is 5.79. The van der Waals surface area contributed by atoms with Gasteiger partial charge >= 0.3 is 0 Å². The van der Waals surface area contributed by atoms with Crippen molar-refractivity contribution in [3.63, 3.8) is 0 Å². The molecular weight excluding hydrogens is 371 g/mol. The molecule has 1 aromatic rings. The lowest BCUT2D eigenvalue weighted by atomic mass is 9.96. The molecule has 1 fully saturated rings. The highest BCUT2D eigenvalue weighted by Crippen LogP contribution is 2.32. The summed E-state index contributed by atoms with van der Waals surface area (Å²) in [5.41, 5.74) is 1.45. The standard InChI is InChI=1S/C16H25BrN2.2ClH/c1-13(2)7-8-16(19-11-9-18-10-12-19)14-5-3-4-6-15(14)17;;/h3-6,13,16,18H,7-12H2,1-2H3;2*1H/t16-;;/m1../s1. The van der Waals surface area contributed by atoms with Gasteiger partial charge in [0.25, 0.3) is 0 Å². The maximum absolute atomic E-state index is 3.73. The van der Waals surface area contributed by atoms with Gasteiger partial charge in [-0.1, -0.05) is 48.0 Å². The lowest BCUT2D eigenvalue weighted by Crippen LogP contribution is -2.45. The molecule has 1 saturated heterocycles. The molecule has 1 aliphatic heterocycles. The monoisotopic (exact) mass is 396 g/mol. The Labute approximate surface area is 150 Å². The number of nitrogens with one attached hydrogen (secondary N) is 1. The van der Waals surface area contributed by atoms with Gasteiger partial charge in [-0.2, -0.15) is 0 Å². The Morgan fingerprint density at radius 1 is 1.10 bits per heavy atom. The molecule has 21 heavy (non-hydrogen) atoms. The molecule has 1 atom stereocenters. The molecule has 5 heteroatoms. The van der Waals surface area contributed by atoms with Crippen LogP contribution in [0.4, 0.5) is 0 Å². The summed E-state index contributed by atoms with van der Waals surface area (Å²) in [5.74, 6) is 0.771. The summed E-state index contributed by atoms with van der Waals surface area (Å²) in [6.45, 7) is 9.17. The van der Waals surface area contributed by atoms with E-state index in [2.05, 4.69) is 64.3 Å². The van der Waals surface area contributed by atoms with Gasteiger partial charge in [0.05, 0.1) is 0 Å². The summed E-state index contributed by atoms with van der Waals surface area (Å²) in [6, 6.07) is 9.26. The molecule has 122 valence electrons. The molecule has 0 spiro atoms. The lowest BCUT2D eigenvalue weighted by molar-refractivity contribution is 0.159. The maximum Gasteiger partial charge on any atom is 0.0360 e. The van der Waals surface area contributed by atoms with Gasteiger partial charge in [0, 0.05) is 36.7 Å². The van der Waals surface area contributed by atoms with Gasteiger partial charge in [-0.3, -0.25) is 4.90 Å². The Hall–Kier alpha value is 0.200. The highest BCUT2D eigenvalue weighted by molar-refractivity contribution is 9.10. The van der Waals surface area contributed by atoms with Crippen LogP contribution in [-0.2, 0) is 0 Å². The molecule has 0 saturated carbocycles. The van der Waals surface area contributed by atoms with Crippen LogP contribution in [0.25, 0.3) is 0 Å². The number of nitrogens with zero attached hydrogens (tertiary/aromatic N) is 1. The van der Waals surface area contributed by atoms with Crippen molar-refractivity contribution >= 4 is 40.7 Å².